The van der Waals surface area contributed by atoms with Gasteiger partial charge in [0.2, 0.25) is 0 Å². The molecule has 0 aliphatic carbocycles. The van der Waals surface area contributed by atoms with E-state index < -0.39 is 0 Å². The van der Waals surface area contributed by atoms with E-state index in [1.165, 1.54) is 0 Å². The Bertz CT molecular complexity index is 465. The van der Waals surface area contributed by atoms with Gasteiger partial charge in [-0.05, 0) is 37.1 Å². The van der Waals surface area contributed by atoms with Crippen LogP contribution in [0.5, 0.6) is 0 Å². The van der Waals surface area contributed by atoms with E-state index >= 15 is 0 Å². The molecule has 0 spiro atoms. The Hall–Kier alpha value is -1.73. The zero-order chi connectivity index (χ0) is 13.1. The van der Waals surface area contributed by atoms with Gasteiger partial charge in [0.05, 0.1) is 18.6 Å². The number of anilines is 2. The summed E-state index contributed by atoms with van der Waals surface area (Å²) in [6.45, 7) is 3.66. The van der Waals surface area contributed by atoms with Crippen LogP contribution in [-0.2, 0) is 6.42 Å². The third kappa shape index (κ3) is 2.57. The lowest BCUT2D eigenvalue weighted by Gasteiger charge is -2.20. The van der Waals surface area contributed by atoms with Crippen LogP contribution in [-0.4, -0.2) is 24.3 Å². The number of rotatable bonds is 3. The van der Waals surface area contributed by atoms with E-state index in [0.717, 1.165) is 30.8 Å². The van der Waals surface area contributed by atoms with Crippen LogP contribution in [0.4, 0.5) is 11.4 Å². The third-order valence-corrected chi connectivity index (χ3v) is 3.67. The van der Waals surface area contributed by atoms with Gasteiger partial charge in [0, 0.05) is 30.4 Å². The minimum absolute atomic E-state index is 0.262. The molecule has 1 aliphatic rings. The van der Waals surface area contributed by atoms with Crippen molar-refractivity contribution in [3.63, 3.8) is 0 Å². The first kappa shape index (κ1) is 12.7. The molecule has 3 N–H and O–H groups in total. The second-order valence-electron chi connectivity index (χ2n) is 4.95. The lowest BCUT2D eigenvalue weighted by Crippen LogP contribution is -2.24. The molecule has 1 saturated heterocycles. The summed E-state index contributed by atoms with van der Waals surface area (Å²) in [5.41, 5.74) is 8.49. The van der Waals surface area contributed by atoms with Gasteiger partial charge in [-0.15, -0.1) is 0 Å². The summed E-state index contributed by atoms with van der Waals surface area (Å²) in [5, 5.41) is 18.4. The molecule has 1 aromatic carbocycles. The Labute approximate surface area is 108 Å². The molecule has 18 heavy (non-hydrogen) atoms. The number of hydrogen-bond donors (Lipinski definition) is 2. The number of hydrogen-bond acceptors (Lipinski definition) is 4. The predicted octanol–water partition coefficient (Wildman–Crippen LogP) is 1.54. The van der Waals surface area contributed by atoms with E-state index in [0.29, 0.717) is 18.0 Å². The zero-order valence-corrected chi connectivity index (χ0v) is 10.6. The van der Waals surface area contributed by atoms with Crippen LogP contribution < -0.4 is 10.6 Å². The summed E-state index contributed by atoms with van der Waals surface area (Å²) in [7, 11) is 0. The maximum absolute atomic E-state index is 9.61. The Morgan fingerprint density at radius 2 is 2.39 bits per heavy atom. The van der Waals surface area contributed by atoms with Crippen LogP contribution in [0.3, 0.4) is 0 Å². The van der Waals surface area contributed by atoms with Gasteiger partial charge in [0.15, 0.2) is 0 Å². The van der Waals surface area contributed by atoms with Crippen LogP contribution in [0, 0.1) is 17.2 Å². The van der Waals surface area contributed by atoms with Crippen molar-refractivity contribution in [2.75, 3.05) is 23.7 Å². The van der Waals surface area contributed by atoms with Crippen molar-refractivity contribution in [3.05, 3.63) is 23.8 Å². The molecule has 2 rings (SSSR count). The number of nitrogen functional groups attached to an aromatic ring is 1. The maximum atomic E-state index is 9.61. The highest BCUT2D eigenvalue weighted by Crippen LogP contribution is 2.28. The Balaban J connectivity index is 2.15. The summed E-state index contributed by atoms with van der Waals surface area (Å²) in [6.07, 6.45) is 1.09. The summed E-state index contributed by atoms with van der Waals surface area (Å²) in [4.78, 5) is 2.25. The molecule has 1 fully saturated rings. The molecule has 0 amide bonds. The van der Waals surface area contributed by atoms with E-state index in [1.54, 1.807) is 0 Å². The molecule has 4 nitrogen and oxygen atoms in total. The van der Waals surface area contributed by atoms with Gasteiger partial charge < -0.3 is 15.7 Å². The van der Waals surface area contributed by atoms with Crippen molar-refractivity contribution in [2.45, 2.75) is 25.9 Å². The standard InChI is InChI=1S/C14H19N3O/c1-10(18)12-5-7-17(9-12)13-2-3-14(16)11(8-13)4-6-15/h2-3,8,10,12,18H,4-5,7,9,16H2,1H3. The molecule has 1 aromatic rings. The quantitative estimate of drug-likeness (QED) is 0.792. The molecule has 0 aromatic heterocycles. The van der Waals surface area contributed by atoms with E-state index in [-0.39, 0.29) is 6.10 Å². The van der Waals surface area contributed by atoms with Crippen LogP contribution in [0.1, 0.15) is 18.9 Å². The van der Waals surface area contributed by atoms with Gasteiger partial charge in [-0.3, -0.25) is 0 Å². The molecular weight excluding hydrogens is 226 g/mol. The minimum atomic E-state index is -0.262. The fraction of sp³-hybridized carbons (Fsp3) is 0.500. The topological polar surface area (TPSA) is 73.3 Å². The van der Waals surface area contributed by atoms with Gasteiger partial charge >= 0.3 is 0 Å². The van der Waals surface area contributed by atoms with E-state index in [4.69, 9.17) is 11.0 Å². The summed E-state index contributed by atoms with van der Waals surface area (Å²) < 4.78 is 0. The van der Waals surface area contributed by atoms with E-state index in [2.05, 4.69) is 11.0 Å². The molecule has 0 radical (unpaired) electrons. The molecule has 2 unspecified atom stereocenters. The fourth-order valence-electron chi connectivity index (χ4n) is 2.44. The number of benzene rings is 1. The van der Waals surface area contributed by atoms with Gasteiger partial charge in [-0.2, -0.15) is 5.26 Å². The molecule has 0 bridgehead atoms. The molecular formula is C14H19N3O. The van der Waals surface area contributed by atoms with Gasteiger partial charge in [0.1, 0.15) is 0 Å². The predicted molar refractivity (Wildman–Crippen MR) is 72.2 cm³/mol. The van der Waals surface area contributed by atoms with E-state index in [9.17, 15) is 5.11 Å². The average Bonchev–Trinajstić information content (AvgIpc) is 2.82. The molecule has 96 valence electrons. The highest BCUT2D eigenvalue weighted by molar-refractivity contribution is 5.59. The fourth-order valence-corrected chi connectivity index (χ4v) is 2.44. The van der Waals surface area contributed by atoms with Crippen molar-refractivity contribution >= 4 is 11.4 Å². The monoisotopic (exact) mass is 245 g/mol. The van der Waals surface area contributed by atoms with Crippen molar-refractivity contribution in [1.82, 2.24) is 0 Å². The first-order chi connectivity index (χ1) is 8.61. The summed E-state index contributed by atoms with van der Waals surface area (Å²) in [6, 6.07) is 7.97. The molecule has 1 aliphatic heterocycles. The van der Waals surface area contributed by atoms with Crippen molar-refractivity contribution in [3.8, 4) is 6.07 Å². The van der Waals surface area contributed by atoms with Crippen molar-refractivity contribution in [2.24, 2.45) is 5.92 Å². The lowest BCUT2D eigenvalue weighted by atomic mass is 10.0. The highest BCUT2D eigenvalue weighted by Gasteiger charge is 2.26. The second-order valence-corrected chi connectivity index (χ2v) is 4.95. The maximum Gasteiger partial charge on any atom is 0.0670 e. The van der Waals surface area contributed by atoms with Crippen LogP contribution in [0.25, 0.3) is 0 Å². The van der Waals surface area contributed by atoms with Crippen LogP contribution in [0.2, 0.25) is 0 Å². The number of aliphatic hydroxyl groups excluding tert-OH is 1. The van der Waals surface area contributed by atoms with Gasteiger partial charge in [-0.1, -0.05) is 0 Å². The summed E-state index contributed by atoms with van der Waals surface area (Å²) in [5.74, 6) is 0.335. The number of aliphatic hydroxyl groups is 1. The van der Waals surface area contributed by atoms with Crippen molar-refractivity contribution in [1.29, 1.82) is 5.26 Å². The van der Waals surface area contributed by atoms with E-state index in [1.807, 2.05) is 25.1 Å². The first-order valence-electron chi connectivity index (χ1n) is 6.30. The third-order valence-electron chi connectivity index (χ3n) is 3.67. The smallest absolute Gasteiger partial charge is 0.0670 e. The normalized spacial score (nSPS) is 20.7. The average molecular weight is 245 g/mol. The number of nitriles is 1. The van der Waals surface area contributed by atoms with Crippen LogP contribution >= 0.6 is 0 Å². The Kier molecular flexibility index (Phi) is 3.73. The second kappa shape index (κ2) is 5.28. The van der Waals surface area contributed by atoms with Crippen molar-refractivity contribution < 1.29 is 5.11 Å². The Morgan fingerprint density at radius 3 is 3.00 bits per heavy atom. The zero-order valence-electron chi connectivity index (χ0n) is 10.6. The lowest BCUT2D eigenvalue weighted by molar-refractivity contribution is 0.136. The van der Waals surface area contributed by atoms with Crippen LogP contribution in [0.15, 0.2) is 18.2 Å². The largest absolute Gasteiger partial charge is 0.398 e. The first-order valence-corrected chi connectivity index (χ1v) is 6.30. The highest BCUT2D eigenvalue weighted by atomic mass is 16.3. The number of nitrogens with two attached hydrogens (primary N) is 1. The number of nitrogens with zero attached hydrogens (tertiary/aromatic N) is 2. The SMILES string of the molecule is CC(O)C1CCN(c2ccc(N)c(CC#N)c2)C1. The molecule has 1 heterocycles. The minimum Gasteiger partial charge on any atom is -0.398 e. The van der Waals surface area contributed by atoms with Gasteiger partial charge in [0.25, 0.3) is 0 Å². The summed E-state index contributed by atoms with van der Waals surface area (Å²) >= 11 is 0. The molecule has 4 heteroatoms. The molecule has 2 atom stereocenters. The Morgan fingerprint density at radius 1 is 1.61 bits per heavy atom. The van der Waals surface area contributed by atoms with Gasteiger partial charge in [-0.25, -0.2) is 0 Å². The molecule has 0 saturated carbocycles.